The average molecular weight is 406 g/mol. The van der Waals surface area contributed by atoms with Gasteiger partial charge in [0.1, 0.15) is 0 Å². The molecule has 134 valence electrons. The lowest BCUT2D eigenvalue weighted by molar-refractivity contribution is 0.0986. The van der Waals surface area contributed by atoms with Crippen LogP contribution in [0.1, 0.15) is 29.4 Å². The van der Waals surface area contributed by atoms with Crippen LogP contribution in [-0.2, 0) is 0 Å². The van der Waals surface area contributed by atoms with Crippen LogP contribution in [0.5, 0.6) is 0 Å². The highest BCUT2D eigenvalue weighted by Crippen LogP contribution is 2.34. The van der Waals surface area contributed by atoms with Crippen molar-refractivity contribution in [2.45, 2.75) is 20.3 Å². The molecule has 1 aromatic carbocycles. The maximum Gasteiger partial charge on any atom is 0.261 e. The Bertz CT molecular complexity index is 925. The van der Waals surface area contributed by atoms with Crippen LogP contribution in [0, 0.1) is 6.92 Å². The quantitative estimate of drug-likeness (QED) is 0.532. The van der Waals surface area contributed by atoms with Crippen LogP contribution in [0.2, 0.25) is 10.0 Å². The number of carbonyl (C=O) groups is 1. The zero-order valence-corrected chi connectivity index (χ0v) is 16.7. The maximum atomic E-state index is 12.9. The van der Waals surface area contributed by atoms with Crippen molar-refractivity contribution in [2.75, 3.05) is 11.4 Å². The minimum atomic E-state index is -0.109. The fourth-order valence-electron chi connectivity index (χ4n) is 2.47. The smallest absolute Gasteiger partial charge is 0.261 e. The molecule has 0 saturated heterocycles. The largest absolute Gasteiger partial charge is 0.284 e. The molecule has 0 N–H and O–H groups in total. The number of benzene rings is 1. The van der Waals surface area contributed by atoms with Crippen molar-refractivity contribution >= 4 is 45.6 Å². The first kappa shape index (κ1) is 18.8. The first-order chi connectivity index (χ1) is 12.5. The number of aromatic nitrogens is 2. The molecule has 0 saturated carbocycles. The lowest BCUT2D eigenvalue weighted by Gasteiger charge is -2.19. The van der Waals surface area contributed by atoms with E-state index in [-0.39, 0.29) is 5.91 Å². The fraction of sp³-hybridized carbons (Fsp3) is 0.211. The lowest BCUT2D eigenvalue weighted by Crippen LogP contribution is -2.31. The molecule has 0 atom stereocenters. The van der Waals surface area contributed by atoms with Crippen LogP contribution in [-0.4, -0.2) is 22.4 Å². The van der Waals surface area contributed by atoms with Crippen LogP contribution in [0.15, 0.2) is 41.9 Å². The highest BCUT2D eigenvalue weighted by atomic mass is 35.5. The molecule has 0 spiro atoms. The molecule has 1 amide bonds. The van der Waals surface area contributed by atoms with Crippen LogP contribution in [0.3, 0.4) is 0 Å². The molecule has 7 heteroatoms. The normalized spacial score (nSPS) is 10.8. The van der Waals surface area contributed by atoms with Crippen molar-refractivity contribution in [3.05, 3.63) is 63.2 Å². The summed E-state index contributed by atoms with van der Waals surface area (Å²) in [6, 6.07) is 8.91. The van der Waals surface area contributed by atoms with Crippen LogP contribution in [0.4, 0.5) is 5.13 Å². The number of pyridine rings is 1. The van der Waals surface area contributed by atoms with Gasteiger partial charge < -0.3 is 0 Å². The maximum absolute atomic E-state index is 12.9. The predicted octanol–water partition coefficient (Wildman–Crippen LogP) is 5.88. The number of aryl methyl sites for hydroxylation is 1. The van der Waals surface area contributed by atoms with E-state index in [9.17, 15) is 4.79 Å². The highest BCUT2D eigenvalue weighted by Gasteiger charge is 2.21. The Balaban J connectivity index is 1.93. The van der Waals surface area contributed by atoms with Gasteiger partial charge in [0.25, 0.3) is 5.91 Å². The van der Waals surface area contributed by atoms with E-state index in [1.54, 1.807) is 29.3 Å². The zero-order chi connectivity index (χ0) is 18.7. The van der Waals surface area contributed by atoms with E-state index in [0.29, 0.717) is 27.3 Å². The van der Waals surface area contributed by atoms with Crippen LogP contribution < -0.4 is 4.90 Å². The Hall–Kier alpha value is -1.95. The molecule has 0 bridgehead atoms. The van der Waals surface area contributed by atoms with Gasteiger partial charge in [-0.05, 0) is 43.7 Å². The summed E-state index contributed by atoms with van der Waals surface area (Å²) >= 11 is 13.7. The van der Waals surface area contributed by atoms with Gasteiger partial charge in [-0.3, -0.25) is 14.7 Å². The Morgan fingerprint density at radius 1 is 1.23 bits per heavy atom. The number of amides is 1. The molecule has 26 heavy (non-hydrogen) atoms. The topological polar surface area (TPSA) is 46.1 Å². The summed E-state index contributed by atoms with van der Waals surface area (Å²) in [6.45, 7) is 4.49. The third kappa shape index (κ3) is 4.06. The van der Waals surface area contributed by atoms with E-state index in [1.807, 2.05) is 31.4 Å². The third-order valence-corrected chi connectivity index (χ3v) is 5.19. The number of rotatable bonds is 5. The van der Waals surface area contributed by atoms with Gasteiger partial charge in [0.2, 0.25) is 0 Å². The molecule has 2 heterocycles. The summed E-state index contributed by atoms with van der Waals surface area (Å²) in [7, 11) is 0. The van der Waals surface area contributed by atoms with Gasteiger partial charge in [0, 0.05) is 34.4 Å². The number of hydrogen-bond acceptors (Lipinski definition) is 4. The van der Waals surface area contributed by atoms with E-state index in [2.05, 4.69) is 9.97 Å². The lowest BCUT2D eigenvalue weighted by atomic mass is 10.2. The van der Waals surface area contributed by atoms with E-state index >= 15 is 0 Å². The van der Waals surface area contributed by atoms with Crippen molar-refractivity contribution < 1.29 is 4.79 Å². The Morgan fingerprint density at radius 3 is 2.69 bits per heavy atom. The second kappa shape index (κ2) is 8.16. The summed E-state index contributed by atoms with van der Waals surface area (Å²) in [6.07, 6.45) is 2.42. The van der Waals surface area contributed by atoms with Crippen molar-refractivity contribution in [2.24, 2.45) is 0 Å². The van der Waals surface area contributed by atoms with E-state index in [1.165, 1.54) is 11.3 Å². The van der Waals surface area contributed by atoms with E-state index in [0.717, 1.165) is 23.4 Å². The molecule has 0 unspecified atom stereocenters. The van der Waals surface area contributed by atoms with Gasteiger partial charge in [0.05, 0.1) is 16.3 Å². The molecule has 0 radical (unpaired) electrons. The van der Waals surface area contributed by atoms with Gasteiger partial charge in [-0.2, -0.15) is 0 Å². The Kier molecular flexibility index (Phi) is 5.91. The third-order valence-electron chi connectivity index (χ3n) is 3.78. The van der Waals surface area contributed by atoms with Crippen LogP contribution in [0.25, 0.3) is 11.3 Å². The first-order valence-corrected chi connectivity index (χ1v) is 9.78. The van der Waals surface area contributed by atoms with E-state index in [4.69, 9.17) is 23.2 Å². The molecule has 0 fully saturated rings. The summed E-state index contributed by atoms with van der Waals surface area (Å²) in [5.74, 6) is -0.109. The Morgan fingerprint density at radius 2 is 2.04 bits per heavy atom. The van der Waals surface area contributed by atoms with Crippen LogP contribution >= 0.6 is 34.5 Å². The van der Waals surface area contributed by atoms with Gasteiger partial charge in [-0.1, -0.05) is 30.1 Å². The number of hydrogen-bond donors (Lipinski definition) is 0. The SMILES string of the molecule is CCCN(C(=O)c1ccc(C)nc1)c1nc(-c2ccc(Cl)cc2Cl)cs1. The summed E-state index contributed by atoms with van der Waals surface area (Å²) < 4.78 is 0. The number of anilines is 1. The Labute approximate surface area is 166 Å². The minimum Gasteiger partial charge on any atom is -0.284 e. The monoisotopic (exact) mass is 405 g/mol. The number of thiazole rings is 1. The van der Waals surface area contributed by atoms with Gasteiger partial charge in [0.15, 0.2) is 5.13 Å². The van der Waals surface area contributed by atoms with Gasteiger partial charge in [-0.15, -0.1) is 11.3 Å². The van der Waals surface area contributed by atoms with Crippen molar-refractivity contribution in [3.63, 3.8) is 0 Å². The standard InChI is InChI=1S/C19H17Cl2N3OS/c1-3-8-24(18(25)13-5-4-12(2)22-10-13)19-23-17(11-26-19)15-7-6-14(20)9-16(15)21/h4-7,9-11H,3,8H2,1-2H3. The zero-order valence-electron chi connectivity index (χ0n) is 14.4. The minimum absolute atomic E-state index is 0.109. The second-order valence-corrected chi connectivity index (χ2v) is 7.46. The molecule has 3 aromatic rings. The summed E-state index contributed by atoms with van der Waals surface area (Å²) in [5, 5.41) is 3.64. The number of halogens is 2. The van der Waals surface area contributed by atoms with Crippen molar-refractivity contribution in [1.82, 2.24) is 9.97 Å². The second-order valence-electron chi connectivity index (χ2n) is 5.78. The molecule has 0 aliphatic heterocycles. The van der Waals surface area contributed by atoms with Crippen molar-refractivity contribution in [3.8, 4) is 11.3 Å². The first-order valence-electron chi connectivity index (χ1n) is 8.15. The molecule has 0 aliphatic carbocycles. The van der Waals surface area contributed by atoms with Gasteiger partial charge in [-0.25, -0.2) is 4.98 Å². The van der Waals surface area contributed by atoms with Crippen molar-refractivity contribution in [1.29, 1.82) is 0 Å². The number of carbonyl (C=O) groups excluding carboxylic acids is 1. The highest BCUT2D eigenvalue weighted by molar-refractivity contribution is 7.14. The predicted molar refractivity (Wildman–Crippen MR) is 109 cm³/mol. The van der Waals surface area contributed by atoms with E-state index < -0.39 is 0 Å². The fourth-order valence-corrected chi connectivity index (χ4v) is 3.82. The molecule has 3 rings (SSSR count). The molecule has 0 aliphatic rings. The molecule has 4 nitrogen and oxygen atoms in total. The number of nitrogens with zero attached hydrogens (tertiary/aromatic N) is 3. The molecular formula is C19H17Cl2N3OS. The summed E-state index contributed by atoms with van der Waals surface area (Å²) in [4.78, 5) is 23.4. The van der Waals surface area contributed by atoms with Gasteiger partial charge >= 0.3 is 0 Å². The molecule has 2 aromatic heterocycles. The summed E-state index contributed by atoms with van der Waals surface area (Å²) in [5.41, 5.74) is 2.94. The molecular weight excluding hydrogens is 389 g/mol. The average Bonchev–Trinajstić information content (AvgIpc) is 3.09.